The molecule has 0 spiro atoms. The van der Waals surface area contributed by atoms with E-state index in [1.54, 1.807) is 12.3 Å². The molecule has 0 bridgehead atoms. The van der Waals surface area contributed by atoms with E-state index < -0.39 is 11.7 Å². The SMILES string of the molecule is N#Cc1ccc(N2CCC(C(=O)Nc3ccc(N4CCCCC4)cn3)CC2)cc1C(F)(F)F. The molecular formula is C24H26F3N5O. The number of carbonyl (C=O) groups is 1. The summed E-state index contributed by atoms with van der Waals surface area (Å²) < 4.78 is 39.8. The van der Waals surface area contributed by atoms with Crippen molar-refractivity contribution < 1.29 is 18.0 Å². The van der Waals surface area contributed by atoms with Crippen LogP contribution < -0.4 is 15.1 Å². The van der Waals surface area contributed by atoms with E-state index >= 15 is 0 Å². The summed E-state index contributed by atoms with van der Waals surface area (Å²) >= 11 is 0. The topological polar surface area (TPSA) is 72.3 Å². The first kappa shape index (κ1) is 22.9. The number of halogens is 3. The number of hydrogen-bond donors (Lipinski definition) is 1. The van der Waals surface area contributed by atoms with Crippen molar-refractivity contribution in [3.8, 4) is 6.07 Å². The van der Waals surface area contributed by atoms with Gasteiger partial charge in [-0.05, 0) is 62.4 Å². The monoisotopic (exact) mass is 457 g/mol. The van der Waals surface area contributed by atoms with Gasteiger partial charge in [-0.3, -0.25) is 4.79 Å². The molecule has 2 fully saturated rings. The summed E-state index contributed by atoms with van der Waals surface area (Å²) in [6.45, 7) is 2.97. The molecule has 0 unspecified atom stereocenters. The molecule has 6 nitrogen and oxygen atoms in total. The first-order valence-electron chi connectivity index (χ1n) is 11.2. The van der Waals surface area contributed by atoms with E-state index in [1.165, 1.54) is 31.4 Å². The molecule has 2 saturated heterocycles. The number of carbonyl (C=O) groups excluding carboxylic acids is 1. The minimum absolute atomic E-state index is 0.122. The highest BCUT2D eigenvalue weighted by Gasteiger charge is 2.35. The number of nitriles is 1. The normalized spacial score (nSPS) is 17.5. The van der Waals surface area contributed by atoms with Crippen molar-refractivity contribution in [2.24, 2.45) is 5.92 Å². The summed E-state index contributed by atoms with van der Waals surface area (Å²) in [7, 11) is 0. The maximum Gasteiger partial charge on any atom is 0.417 e. The lowest BCUT2D eigenvalue weighted by Gasteiger charge is -2.33. The quantitative estimate of drug-likeness (QED) is 0.713. The van der Waals surface area contributed by atoms with Crippen LogP contribution in [0.15, 0.2) is 36.5 Å². The van der Waals surface area contributed by atoms with E-state index in [1.807, 2.05) is 17.0 Å². The van der Waals surface area contributed by atoms with Crippen LogP contribution in [0.4, 0.5) is 30.4 Å². The number of aromatic nitrogens is 1. The van der Waals surface area contributed by atoms with Crippen LogP contribution >= 0.6 is 0 Å². The fourth-order valence-corrected chi connectivity index (χ4v) is 4.49. The molecule has 1 aromatic carbocycles. The predicted octanol–water partition coefficient (Wildman–Crippen LogP) is 4.82. The summed E-state index contributed by atoms with van der Waals surface area (Å²) in [5, 5.41) is 11.8. The molecule has 33 heavy (non-hydrogen) atoms. The largest absolute Gasteiger partial charge is 0.417 e. The van der Waals surface area contributed by atoms with Gasteiger partial charge in [-0.15, -0.1) is 0 Å². The zero-order chi connectivity index (χ0) is 23.4. The number of amides is 1. The second-order valence-corrected chi connectivity index (χ2v) is 8.54. The minimum atomic E-state index is -4.59. The fourth-order valence-electron chi connectivity index (χ4n) is 4.49. The molecule has 4 rings (SSSR count). The highest BCUT2D eigenvalue weighted by atomic mass is 19.4. The fraction of sp³-hybridized carbons (Fsp3) is 0.458. The first-order valence-corrected chi connectivity index (χ1v) is 11.2. The highest BCUT2D eigenvalue weighted by Crippen LogP contribution is 2.35. The highest BCUT2D eigenvalue weighted by molar-refractivity contribution is 5.92. The smallest absolute Gasteiger partial charge is 0.371 e. The Kier molecular flexibility index (Phi) is 6.72. The van der Waals surface area contributed by atoms with Crippen molar-refractivity contribution in [3.05, 3.63) is 47.7 Å². The number of hydrogen-bond acceptors (Lipinski definition) is 5. The van der Waals surface area contributed by atoms with Gasteiger partial charge in [-0.25, -0.2) is 4.98 Å². The van der Waals surface area contributed by atoms with E-state index in [-0.39, 0.29) is 17.4 Å². The zero-order valence-corrected chi connectivity index (χ0v) is 18.2. The van der Waals surface area contributed by atoms with Gasteiger partial charge in [-0.2, -0.15) is 18.4 Å². The number of nitrogens with zero attached hydrogens (tertiary/aromatic N) is 4. The van der Waals surface area contributed by atoms with Crippen LogP contribution in [-0.4, -0.2) is 37.1 Å². The molecule has 1 aromatic heterocycles. The average Bonchev–Trinajstić information content (AvgIpc) is 2.84. The molecule has 1 N–H and O–H groups in total. The maximum absolute atomic E-state index is 13.3. The molecule has 174 valence electrons. The van der Waals surface area contributed by atoms with Crippen LogP contribution in [0, 0.1) is 17.2 Å². The molecule has 3 heterocycles. The van der Waals surface area contributed by atoms with Crippen molar-refractivity contribution in [1.82, 2.24) is 4.98 Å². The van der Waals surface area contributed by atoms with E-state index in [2.05, 4.69) is 15.2 Å². The van der Waals surface area contributed by atoms with Gasteiger partial charge in [-0.1, -0.05) is 0 Å². The van der Waals surface area contributed by atoms with Crippen molar-refractivity contribution in [2.45, 2.75) is 38.3 Å². The zero-order valence-electron chi connectivity index (χ0n) is 18.2. The Balaban J connectivity index is 1.33. The van der Waals surface area contributed by atoms with E-state index in [0.717, 1.165) is 24.8 Å². The first-order chi connectivity index (χ1) is 15.8. The number of pyridine rings is 1. The third kappa shape index (κ3) is 5.38. The lowest BCUT2D eigenvalue weighted by Crippen LogP contribution is -2.38. The molecule has 0 radical (unpaired) electrons. The van der Waals surface area contributed by atoms with Crippen LogP contribution in [0.25, 0.3) is 0 Å². The van der Waals surface area contributed by atoms with Gasteiger partial charge >= 0.3 is 6.18 Å². The number of piperidine rings is 2. The third-order valence-corrected chi connectivity index (χ3v) is 6.38. The molecule has 1 amide bonds. The Morgan fingerprint density at radius 1 is 1.00 bits per heavy atom. The number of benzene rings is 1. The Hall–Kier alpha value is -3.28. The molecule has 0 saturated carbocycles. The van der Waals surface area contributed by atoms with Crippen molar-refractivity contribution >= 4 is 23.1 Å². The molecule has 0 atom stereocenters. The van der Waals surface area contributed by atoms with Crippen LogP contribution in [0.2, 0.25) is 0 Å². The number of rotatable bonds is 4. The summed E-state index contributed by atoms with van der Waals surface area (Å²) in [5.41, 5.74) is 0.151. The minimum Gasteiger partial charge on any atom is -0.371 e. The number of alkyl halides is 3. The molecule has 2 aromatic rings. The third-order valence-electron chi connectivity index (χ3n) is 6.38. The van der Waals surface area contributed by atoms with Gasteiger partial charge in [0.25, 0.3) is 0 Å². The van der Waals surface area contributed by atoms with Crippen molar-refractivity contribution in [1.29, 1.82) is 5.26 Å². The van der Waals surface area contributed by atoms with Gasteiger partial charge in [0.05, 0.1) is 29.1 Å². The van der Waals surface area contributed by atoms with Gasteiger partial charge in [0.1, 0.15) is 5.82 Å². The van der Waals surface area contributed by atoms with Gasteiger partial charge in [0.15, 0.2) is 0 Å². The van der Waals surface area contributed by atoms with Gasteiger partial charge in [0.2, 0.25) is 5.91 Å². The Morgan fingerprint density at radius 3 is 2.27 bits per heavy atom. The number of anilines is 3. The van der Waals surface area contributed by atoms with Crippen LogP contribution in [0.5, 0.6) is 0 Å². The van der Waals surface area contributed by atoms with Crippen LogP contribution in [0.3, 0.4) is 0 Å². The lowest BCUT2D eigenvalue weighted by atomic mass is 9.95. The summed E-state index contributed by atoms with van der Waals surface area (Å²) in [6, 6.07) is 9.14. The van der Waals surface area contributed by atoms with E-state index in [0.29, 0.717) is 37.4 Å². The number of nitrogens with one attached hydrogen (secondary N) is 1. The molecule has 2 aliphatic heterocycles. The standard InChI is InChI=1S/C24H26F3N5O/c25-24(26,27)21-14-19(5-4-18(21)15-28)32-12-8-17(9-13-32)23(33)30-22-7-6-20(16-29-22)31-10-2-1-3-11-31/h4-7,14,16-17H,1-3,8-13H2,(H,29,30,33). The van der Waals surface area contributed by atoms with Crippen LogP contribution in [-0.2, 0) is 11.0 Å². The molecule has 0 aliphatic carbocycles. The van der Waals surface area contributed by atoms with E-state index in [4.69, 9.17) is 5.26 Å². The maximum atomic E-state index is 13.3. The molecular weight excluding hydrogens is 431 g/mol. The van der Waals surface area contributed by atoms with Crippen molar-refractivity contribution in [2.75, 3.05) is 41.3 Å². The average molecular weight is 458 g/mol. The van der Waals surface area contributed by atoms with E-state index in [9.17, 15) is 18.0 Å². The van der Waals surface area contributed by atoms with Gasteiger partial charge < -0.3 is 15.1 Å². The van der Waals surface area contributed by atoms with Crippen LogP contribution in [0.1, 0.15) is 43.2 Å². The summed E-state index contributed by atoms with van der Waals surface area (Å²) in [5.74, 6) is 0.152. The summed E-state index contributed by atoms with van der Waals surface area (Å²) in [4.78, 5) is 21.2. The summed E-state index contributed by atoms with van der Waals surface area (Å²) in [6.07, 6.45) is 1.86. The Bertz CT molecular complexity index is 1020. The predicted molar refractivity (Wildman–Crippen MR) is 120 cm³/mol. The van der Waals surface area contributed by atoms with Gasteiger partial charge in [0, 0.05) is 37.8 Å². The Morgan fingerprint density at radius 2 is 1.67 bits per heavy atom. The molecule has 2 aliphatic rings. The second kappa shape index (κ2) is 9.69. The lowest BCUT2D eigenvalue weighted by molar-refractivity contribution is -0.137. The van der Waals surface area contributed by atoms with Crippen molar-refractivity contribution in [3.63, 3.8) is 0 Å². The molecule has 9 heteroatoms. The Labute approximate surface area is 191 Å². The second-order valence-electron chi connectivity index (χ2n) is 8.54.